The predicted octanol–water partition coefficient (Wildman–Crippen LogP) is 1.23. The van der Waals surface area contributed by atoms with E-state index in [-0.39, 0.29) is 11.4 Å². The number of esters is 1. The summed E-state index contributed by atoms with van der Waals surface area (Å²) in [5, 5.41) is 0. The van der Waals surface area contributed by atoms with E-state index in [1.807, 2.05) is 0 Å². The summed E-state index contributed by atoms with van der Waals surface area (Å²) in [4.78, 5) is 10.1. The van der Waals surface area contributed by atoms with Crippen LogP contribution in [0.2, 0.25) is 0 Å². The first-order valence-electron chi connectivity index (χ1n) is 2.90. The molecule has 0 aromatic carbocycles. The second-order valence-corrected chi connectivity index (χ2v) is 1.69. The first kappa shape index (κ1) is 11.3. The minimum atomic E-state index is -0.182. The zero-order chi connectivity index (χ0) is 6.41. The van der Waals surface area contributed by atoms with Crippen molar-refractivity contribution in [2.24, 2.45) is 0 Å². The second-order valence-electron chi connectivity index (χ2n) is 1.69. The highest BCUT2D eigenvalue weighted by Crippen LogP contribution is 1.86. The molecule has 0 rings (SSSR count). The topological polar surface area (TPSA) is 54.8 Å². The van der Waals surface area contributed by atoms with Gasteiger partial charge in [0.1, 0.15) is 0 Å². The lowest BCUT2D eigenvalue weighted by atomic mass is 10.4. The van der Waals surface area contributed by atoms with Crippen LogP contribution in [-0.2, 0) is 15.0 Å². The zero-order valence-electron chi connectivity index (χ0n) is 5.85. The molecular weight excluding hydrogens is 120 g/mol. The van der Waals surface area contributed by atoms with E-state index in [9.17, 15) is 4.79 Å². The third-order valence-corrected chi connectivity index (χ3v) is 0.803. The Morgan fingerprint density at radius 3 is 2.44 bits per heavy atom. The summed E-state index contributed by atoms with van der Waals surface area (Å²) in [7, 11) is 0. The molecule has 0 bridgehead atoms. The molecule has 0 unspecified atom stereocenters. The maximum absolute atomic E-state index is 10.1. The van der Waals surface area contributed by atoms with Crippen LogP contribution in [0.3, 0.4) is 0 Å². The van der Waals surface area contributed by atoms with E-state index in [0.29, 0.717) is 6.61 Å². The number of hydrogen-bond donors (Lipinski definition) is 0. The Balaban J connectivity index is 0. The minimum absolute atomic E-state index is 0. The van der Waals surface area contributed by atoms with Crippen LogP contribution in [0.1, 0.15) is 26.7 Å². The van der Waals surface area contributed by atoms with E-state index in [4.69, 9.17) is 0 Å². The molecule has 0 aliphatic rings. The van der Waals surface area contributed by atoms with Gasteiger partial charge in [0.15, 0.2) is 0 Å². The molecular formula is C6H12O3. The molecule has 0 spiro atoms. The van der Waals surface area contributed by atoms with E-state index >= 15 is 0 Å². The Labute approximate surface area is 55.3 Å². The second kappa shape index (κ2) is 7.43. The van der Waals surface area contributed by atoms with Gasteiger partial charge in [-0.3, -0.25) is 4.79 Å². The van der Waals surface area contributed by atoms with Crippen molar-refractivity contribution in [3.05, 3.63) is 0 Å². The average molecular weight is 132 g/mol. The Kier molecular flexibility index (Phi) is 9.29. The summed E-state index contributed by atoms with van der Waals surface area (Å²) < 4.78 is 4.64. The largest absolute Gasteiger partial charge is 0.466 e. The molecule has 0 aromatic heterocycles. The smallest absolute Gasteiger partial charge is 0.302 e. The molecule has 0 saturated heterocycles. The van der Waals surface area contributed by atoms with Crippen LogP contribution in [0.4, 0.5) is 0 Å². The van der Waals surface area contributed by atoms with Gasteiger partial charge >= 0.3 is 5.97 Å². The Morgan fingerprint density at radius 1 is 1.56 bits per heavy atom. The molecule has 0 aromatic rings. The van der Waals surface area contributed by atoms with Gasteiger partial charge in [-0.1, -0.05) is 13.3 Å². The van der Waals surface area contributed by atoms with Crippen LogP contribution >= 0.6 is 0 Å². The van der Waals surface area contributed by atoms with E-state index in [1.165, 1.54) is 6.92 Å². The molecule has 0 saturated carbocycles. The van der Waals surface area contributed by atoms with Gasteiger partial charge in [-0.25, -0.2) is 0 Å². The van der Waals surface area contributed by atoms with Crippen molar-refractivity contribution in [2.75, 3.05) is 6.61 Å². The van der Waals surface area contributed by atoms with Gasteiger partial charge < -0.3 is 4.74 Å². The van der Waals surface area contributed by atoms with Gasteiger partial charge in [0.05, 0.1) is 6.61 Å². The van der Waals surface area contributed by atoms with Crippen molar-refractivity contribution in [1.29, 1.82) is 0 Å². The first-order valence-corrected chi connectivity index (χ1v) is 2.90. The zero-order valence-corrected chi connectivity index (χ0v) is 5.85. The fourth-order valence-corrected chi connectivity index (χ4v) is 0.360. The number of rotatable bonds is 3. The number of ether oxygens (including phenoxy) is 1. The molecule has 0 aliphatic carbocycles. The van der Waals surface area contributed by atoms with E-state index in [0.717, 1.165) is 12.8 Å². The summed E-state index contributed by atoms with van der Waals surface area (Å²) in [6.45, 7) is 4.06. The maximum Gasteiger partial charge on any atom is 0.302 e. The van der Waals surface area contributed by atoms with Crippen molar-refractivity contribution in [3.8, 4) is 0 Å². The van der Waals surface area contributed by atoms with Gasteiger partial charge in [0, 0.05) is 12.4 Å². The highest BCUT2D eigenvalue weighted by molar-refractivity contribution is 5.65. The summed E-state index contributed by atoms with van der Waals surface area (Å²) in [6, 6.07) is 0. The maximum atomic E-state index is 10.1. The Bertz CT molecular complexity index is 70.7. The highest BCUT2D eigenvalue weighted by Gasteiger charge is 1.88. The Hall–Kier alpha value is -0.570. The molecule has 2 radical (unpaired) electrons. The SMILES string of the molecule is CCCCOC(C)=O.[O]. The van der Waals surface area contributed by atoms with Crippen LogP contribution in [-0.4, -0.2) is 12.6 Å². The third-order valence-electron chi connectivity index (χ3n) is 0.803. The quantitative estimate of drug-likeness (QED) is 0.428. The normalized spacial score (nSPS) is 7.78. The molecule has 0 amide bonds. The van der Waals surface area contributed by atoms with E-state index in [2.05, 4.69) is 11.7 Å². The fraction of sp³-hybridized carbons (Fsp3) is 0.833. The van der Waals surface area contributed by atoms with Gasteiger partial charge in [0.2, 0.25) is 0 Å². The summed E-state index contributed by atoms with van der Waals surface area (Å²) in [5.74, 6) is -0.182. The van der Waals surface area contributed by atoms with Crippen molar-refractivity contribution in [3.63, 3.8) is 0 Å². The standard InChI is InChI=1S/C6H12O2.O/c1-3-4-5-8-6(2)7;/h3-5H2,1-2H3;. The molecule has 0 heterocycles. The van der Waals surface area contributed by atoms with Crippen LogP contribution in [0.15, 0.2) is 0 Å². The lowest BCUT2D eigenvalue weighted by molar-refractivity contribution is -0.141. The number of hydrogen-bond acceptors (Lipinski definition) is 2. The average Bonchev–Trinajstić information content (AvgIpc) is 1.66. The summed E-state index contributed by atoms with van der Waals surface area (Å²) >= 11 is 0. The van der Waals surface area contributed by atoms with Gasteiger partial charge in [-0.2, -0.15) is 0 Å². The monoisotopic (exact) mass is 132 g/mol. The summed E-state index contributed by atoms with van der Waals surface area (Å²) in [5.41, 5.74) is 0. The highest BCUT2D eigenvalue weighted by atomic mass is 16.5. The molecule has 0 fully saturated rings. The van der Waals surface area contributed by atoms with Gasteiger partial charge in [-0.15, -0.1) is 0 Å². The van der Waals surface area contributed by atoms with Crippen molar-refractivity contribution in [1.82, 2.24) is 0 Å². The lowest BCUT2D eigenvalue weighted by Gasteiger charge is -1.96. The lowest BCUT2D eigenvalue weighted by Crippen LogP contribution is -1.99. The van der Waals surface area contributed by atoms with Crippen LogP contribution in [0.25, 0.3) is 0 Å². The number of unbranched alkanes of at least 4 members (excludes halogenated alkanes) is 1. The molecule has 3 heteroatoms. The fourth-order valence-electron chi connectivity index (χ4n) is 0.360. The molecule has 0 aliphatic heterocycles. The predicted molar refractivity (Wildman–Crippen MR) is 32.2 cm³/mol. The van der Waals surface area contributed by atoms with Gasteiger partial charge in [0.25, 0.3) is 0 Å². The van der Waals surface area contributed by atoms with Crippen molar-refractivity contribution >= 4 is 5.97 Å². The molecule has 0 atom stereocenters. The molecule has 3 nitrogen and oxygen atoms in total. The van der Waals surface area contributed by atoms with Crippen LogP contribution in [0, 0.1) is 0 Å². The molecule has 9 heavy (non-hydrogen) atoms. The summed E-state index contributed by atoms with van der Waals surface area (Å²) in [6.07, 6.45) is 2.05. The molecule has 0 N–H and O–H groups in total. The van der Waals surface area contributed by atoms with E-state index < -0.39 is 0 Å². The minimum Gasteiger partial charge on any atom is -0.466 e. The number of carbonyl (C=O) groups excluding carboxylic acids is 1. The van der Waals surface area contributed by atoms with Crippen LogP contribution < -0.4 is 0 Å². The third kappa shape index (κ3) is 11.2. The van der Waals surface area contributed by atoms with Crippen LogP contribution in [0.5, 0.6) is 0 Å². The molecule has 54 valence electrons. The van der Waals surface area contributed by atoms with Crippen molar-refractivity contribution < 1.29 is 15.0 Å². The van der Waals surface area contributed by atoms with E-state index in [1.54, 1.807) is 0 Å². The van der Waals surface area contributed by atoms with Gasteiger partial charge in [-0.05, 0) is 6.42 Å². The first-order chi connectivity index (χ1) is 3.77. The van der Waals surface area contributed by atoms with Crippen molar-refractivity contribution in [2.45, 2.75) is 26.7 Å². The Morgan fingerprint density at radius 2 is 2.11 bits per heavy atom. The number of carbonyl (C=O) groups is 1.